The Hall–Kier alpha value is -2.33. The molecule has 0 amide bonds. The summed E-state index contributed by atoms with van der Waals surface area (Å²) in [5.74, 6) is 0.829. The second-order valence-electron chi connectivity index (χ2n) is 6.53. The third kappa shape index (κ3) is 1.91. The molecule has 4 heteroatoms. The third-order valence-electron chi connectivity index (χ3n) is 4.21. The SMILES string of the molecule is CC1(C)CC2(c3ccccc3)ON=C(c3ccccc3)N2N1. The van der Waals surface area contributed by atoms with Crippen molar-refractivity contribution in [3.05, 3.63) is 71.8 Å². The van der Waals surface area contributed by atoms with E-state index in [2.05, 4.69) is 53.7 Å². The summed E-state index contributed by atoms with van der Waals surface area (Å²) in [5, 5.41) is 6.47. The van der Waals surface area contributed by atoms with Crippen LogP contribution in [0.5, 0.6) is 0 Å². The molecule has 2 heterocycles. The lowest BCUT2D eigenvalue weighted by Crippen LogP contribution is -2.48. The fraction of sp³-hybridized carbons (Fsp3) is 0.278. The van der Waals surface area contributed by atoms with Gasteiger partial charge in [0.25, 0.3) is 5.72 Å². The standard InChI is InChI=1S/C18H19N3O/c1-17(2)13-18(15-11-7-4-8-12-15)21(20-17)16(19-22-18)14-9-5-3-6-10-14/h3-12,20H,13H2,1-2H3. The second kappa shape index (κ2) is 4.58. The van der Waals surface area contributed by atoms with Crippen molar-refractivity contribution in [1.82, 2.24) is 10.4 Å². The lowest BCUT2D eigenvalue weighted by molar-refractivity contribution is -0.0946. The van der Waals surface area contributed by atoms with Gasteiger partial charge in [0.1, 0.15) is 0 Å². The number of hydrogen-bond acceptors (Lipinski definition) is 4. The van der Waals surface area contributed by atoms with Crippen LogP contribution in [0.4, 0.5) is 0 Å². The van der Waals surface area contributed by atoms with E-state index in [9.17, 15) is 0 Å². The van der Waals surface area contributed by atoms with E-state index in [-0.39, 0.29) is 5.54 Å². The molecule has 112 valence electrons. The predicted molar refractivity (Wildman–Crippen MR) is 85.9 cm³/mol. The first-order valence-electron chi connectivity index (χ1n) is 7.56. The van der Waals surface area contributed by atoms with E-state index in [1.54, 1.807) is 0 Å². The van der Waals surface area contributed by atoms with E-state index in [1.807, 2.05) is 36.4 Å². The zero-order valence-electron chi connectivity index (χ0n) is 12.8. The molecule has 2 aliphatic heterocycles. The number of oxime groups is 1. The van der Waals surface area contributed by atoms with Crippen LogP contribution in [0.2, 0.25) is 0 Å². The number of fused-ring (bicyclic) bond motifs is 1. The largest absolute Gasteiger partial charge is 0.358 e. The molecule has 1 fully saturated rings. The van der Waals surface area contributed by atoms with Gasteiger partial charge in [-0.2, -0.15) is 0 Å². The van der Waals surface area contributed by atoms with Crippen LogP contribution in [0.15, 0.2) is 65.8 Å². The summed E-state index contributed by atoms with van der Waals surface area (Å²) in [6.45, 7) is 4.37. The lowest BCUT2D eigenvalue weighted by atomic mass is 9.91. The van der Waals surface area contributed by atoms with Crippen LogP contribution in [-0.4, -0.2) is 16.4 Å². The van der Waals surface area contributed by atoms with Gasteiger partial charge in [-0.1, -0.05) is 65.8 Å². The molecule has 2 aromatic rings. The molecule has 0 bridgehead atoms. The maximum absolute atomic E-state index is 6.00. The van der Waals surface area contributed by atoms with Gasteiger partial charge in [-0.05, 0) is 13.8 Å². The molecule has 0 spiro atoms. The van der Waals surface area contributed by atoms with Crippen molar-refractivity contribution in [1.29, 1.82) is 0 Å². The normalized spacial score (nSPS) is 25.5. The average Bonchev–Trinajstić information content (AvgIpc) is 3.00. The lowest BCUT2D eigenvalue weighted by Gasteiger charge is -2.30. The van der Waals surface area contributed by atoms with Crippen LogP contribution in [0.25, 0.3) is 0 Å². The van der Waals surface area contributed by atoms with E-state index in [1.165, 1.54) is 0 Å². The van der Waals surface area contributed by atoms with Crippen LogP contribution in [0, 0.1) is 0 Å². The number of nitrogens with one attached hydrogen (secondary N) is 1. The van der Waals surface area contributed by atoms with Crippen LogP contribution in [-0.2, 0) is 10.6 Å². The van der Waals surface area contributed by atoms with E-state index < -0.39 is 5.72 Å². The maximum atomic E-state index is 6.00. The minimum atomic E-state index is -0.573. The van der Waals surface area contributed by atoms with Crippen molar-refractivity contribution in [2.24, 2.45) is 5.16 Å². The first-order chi connectivity index (χ1) is 10.6. The van der Waals surface area contributed by atoms with Gasteiger partial charge in [0.15, 0.2) is 5.84 Å². The summed E-state index contributed by atoms with van der Waals surface area (Å²) in [6, 6.07) is 20.4. The Balaban J connectivity index is 1.80. The molecule has 0 aliphatic carbocycles. The summed E-state index contributed by atoms with van der Waals surface area (Å²) >= 11 is 0. The van der Waals surface area contributed by atoms with E-state index in [0.29, 0.717) is 0 Å². The number of amidine groups is 1. The minimum absolute atomic E-state index is 0.0637. The highest BCUT2D eigenvalue weighted by Gasteiger charge is 2.57. The number of rotatable bonds is 2. The summed E-state index contributed by atoms with van der Waals surface area (Å²) in [7, 11) is 0. The third-order valence-corrected chi connectivity index (χ3v) is 4.21. The van der Waals surface area contributed by atoms with Crippen molar-refractivity contribution in [3.8, 4) is 0 Å². The molecular weight excluding hydrogens is 274 g/mol. The van der Waals surface area contributed by atoms with Crippen LogP contribution in [0.3, 0.4) is 0 Å². The summed E-state index contributed by atoms with van der Waals surface area (Å²) in [4.78, 5) is 6.00. The Morgan fingerprint density at radius 3 is 2.32 bits per heavy atom. The van der Waals surface area contributed by atoms with Gasteiger partial charge in [-0.15, -0.1) is 0 Å². The number of hydrazine groups is 1. The Labute approximate surface area is 130 Å². The molecule has 22 heavy (non-hydrogen) atoms. The second-order valence-corrected chi connectivity index (χ2v) is 6.53. The molecule has 1 atom stereocenters. The molecule has 0 saturated carbocycles. The van der Waals surface area contributed by atoms with Gasteiger partial charge in [0, 0.05) is 23.1 Å². The molecule has 4 rings (SSSR count). The Bertz CT molecular complexity index is 712. The highest BCUT2D eigenvalue weighted by molar-refractivity contribution is 5.99. The monoisotopic (exact) mass is 293 g/mol. The minimum Gasteiger partial charge on any atom is -0.358 e. The first kappa shape index (κ1) is 13.3. The highest BCUT2D eigenvalue weighted by Crippen LogP contribution is 2.46. The number of benzene rings is 2. The van der Waals surface area contributed by atoms with E-state index >= 15 is 0 Å². The van der Waals surface area contributed by atoms with Crippen molar-refractivity contribution < 1.29 is 4.84 Å². The Morgan fingerprint density at radius 2 is 1.64 bits per heavy atom. The van der Waals surface area contributed by atoms with Crippen LogP contribution < -0.4 is 5.43 Å². The molecule has 2 aromatic carbocycles. The van der Waals surface area contributed by atoms with Gasteiger partial charge in [-0.25, -0.2) is 10.4 Å². The van der Waals surface area contributed by atoms with Crippen LogP contribution in [0.1, 0.15) is 31.4 Å². The molecule has 4 nitrogen and oxygen atoms in total. The maximum Gasteiger partial charge on any atom is 0.252 e. The van der Waals surface area contributed by atoms with Crippen molar-refractivity contribution in [2.45, 2.75) is 31.5 Å². The van der Waals surface area contributed by atoms with Gasteiger partial charge in [-0.3, -0.25) is 0 Å². The number of nitrogens with zero attached hydrogens (tertiary/aromatic N) is 2. The van der Waals surface area contributed by atoms with Crippen LogP contribution >= 0.6 is 0 Å². The van der Waals surface area contributed by atoms with Crippen molar-refractivity contribution >= 4 is 5.84 Å². The van der Waals surface area contributed by atoms with Crippen molar-refractivity contribution in [2.75, 3.05) is 0 Å². The summed E-state index contributed by atoms with van der Waals surface area (Å²) < 4.78 is 0. The van der Waals surface area contributed by atoms with Crippen molar-refractivity contribution in [3.63, 3.8) is 0 Å². The molecule has 1 N–H and O–H groups in total. The average molecular weight is 293 g/mol. The molecular formula is C18H19N3O. The molecule has 0 aromatic heterocycles. The molecule has 2 aliphatic rings. The molecule has 0 radical (unpaired) electrons. The Morgan fingerprint density at radius 1 is 1.00 bits per heavy atom. The van der Waals surface area contributed by atoms with Gasteiger partial charge in [0.05, 0.1) is 0 Å². The number of hydrogen-bond donors (Lipinski definition) is 1. The quantitative estimate of drug-likeness (QED) is 0.923. The summed E-state index contributed by atoms with van der Waals surface area (Å²) in [5.41, 5.74) is 5.08. The topological polar surface area (TPSA) is 36.9 Å². The smallest absolute Gasteiger partial charge is 0.252 e. The predicted octanol–water partition coefficient (Wildman–Crippen LogP) is 3.22. The van der Waals surface area contributed by atoms with Gasteiger partial charge in [0.2, 0.25) is 0 Å². The Kier molecular flexibility index (Phi) is 2.78. The van der Waals surface area contributed by atoms with Gasteiger partial charge < -0.3 is 4.84 Å². The van der Waals surface area contributed by atoms with Gasteiger partial charge >= 0.3 is 0 Å². The zero-order chi connectivity index (χ0) is 15.2. The first-order valence-corrected chi connectivity index (χ1v) is 7.56. The highest BCUT2D eigenvalue weighted by atomic mass is 16.7. The zero-order valence-corrected chi connectivity index (χ0v) is 12.8. The summed E-state index contributed by atoms with van der Waals surface area (Å²) in [6.07, 6.45) is 0.823. The van der Waals surface area contributed by atoms with E-state index in [0.717, 1.165) is 23.4 Å². The molecule has 1 unspecified atom stereocenters. The fourth-order valence-electron chi connectivity index (χ4n) is 3.32. The van der Waals surface area contributed by atoms with E-state index in [4.69, 9.17) is 4.84 Å². The molecule has 1 saturated heterocycles. The fourth-order valence-corrected chi connectivity index (χ4v) is 3.32.